The zero-order valence-electron chi connectivity index (χ0n) is 14.3. The molecule has 6 heteroatoms. The van der Waals surface area contributed by atoms with Crippen molar-refractivity contribution in [1.29, 1.82) is 0 Å². The largest absolute Gasteiger partial charge is 0.377 e. The zero-order chi connectivity index (χ0) is 16.4. The van der Waals surface area contributed by atoms with Crippen molar-refractivity contribution in [3.63, 3.8) is 0 Å². The second-order valence-electron chi connectivity index (χ2n) is 7.27. The van der Waals surface area contributed by atoms with Crippen molar-refractivity contribution < 1.29 is 4.74 Å². The first-order chi connectivity index (χ1) is 11.7. The quantitative estimate of drug-likeness (QED) is 0.857. The summed E-state index contributed by atoms with van der Waals surface area (Å²) in [6.07, 6.45) is 14.0. The molecule has 0 bridgehead atoms. The first-order valence-electron chi connectivity index (χ1n) is 8.78. The summed E-state index contributed by atoms with van der Waals surface area (Å²) in [4.78, 5) is 15.5. The van der Waals surface area contributed by atoms with Gasteiger partial charge in [-0.15, -0.1) is 0 Å². The number of nitrogens with zero attached hydrogens (tertiary/aromatic N) is 5. The van der Waals surface area contributed by atoms with Crippen LogP contribution >= 0.6 is 0 Å². The maximum absolute atomic E-state index is 6.11. The normalized spacial score (nSPS) is 23.8. The third-order valence-corrected chi connectivity index (χ3v) is 5.54. The number of rotatable bonds is 4. The van der Waals surface area contributed by atoms with Crippen LogP contribution in [0.2, 0.25) is 0 Å². The molecule has 0 aliphatic carbocycles. The van der Waals surface area contributed by atoms with Gasteiger partial charge in [-0.3, -0.25) is 14.9 Å². The van der Waals surface area contributed by atoms with E-state index in [0.29, 0.717) is 11.5 Å². The summed E-state index contributed by atoms with van der Waals surface area (Å²) in [5.41, 5.74) is 1.40. The van der Waals surface area contributed by atoms with Crippen LogP contribution in [0.3, 0.4) is 0 Å². The maximum Gasteiger partial charge on any atom is 0.122 e. The van der Waals surface area contributed by atoms with Crippen molar-refractivity contribution in [1.82, 2.24) is 24.4 Å². The van der Waals surface area contributed by atoms with Crippen LogP contribution in [0.1, 0.15) is 30.8 Å². The molecule has 2 aliphatic heterocycles. The third kappa shape index (κ3) is 3.35. The molecule has 2 aliphatic rings. The molecule has 2 saturated heterocycles. The molecule has 0 amide bonds. The van der Waals surface area contributed by atoms with Crippen LogP contribution < -0.4 is 0 Å². The molecule has 2 aromatic heterocycles. The van der Waals surface area contributed by atoms with E-state index in [-0.39, 0.29) is 0 Å². The van der Waals surface area contributed by atoms with E-state index in [4.69, 9.17) is 4.74 Å². The van der Waals surface area contributed by atoms with Gasteiger partial charge >= 0.3 is 0 Å². The Labute approximate surface area is 142 Å². The molecular weight excluding hydrogens is 302 g/mol. The highest BCUT2D eigenvalue weighted by atomic mass is 16.5. The maximum atomic E-state index is 6.11. The summed E-state index contributed by atoms with van der Waals surface area (Å²) in [6, 6.07) is 0. The van der Waals surface area contributed by atoms with E-state index in [2.05, 4.69) is 31.5 Å². The lowest BCUT2D eigenvalue weighted by molar-refractivity contribution is 0.0620. The standard InChI is InChI=1S/C18H25N5O/c1-22-9-6-21-17(22)13-23-7-2-18(3-8-23)11-16(24-14-18)10-15-12-19-4-5-20-15/h4-6,9,12,16H,2-3,7-8,10-11,13-14H2,1H3/t16-/m1/s1. The van der Waals surface area contributed by atoms with Crippen LogP contribution in [0, 0.1) is 5.41 Å². The lowest BCUT2D eigenvalue weighted by atomic mass is 9.76. The number of hydrogen-bond acceptors (Lipinski definition) is 5. The fourth-order valence-electron chi connectivity index (χ4n) is 3.98. The monoisotopic (exact) mass is 327 g/mol. The van der Waals surface area contributed by atoms with Gasteiger partial charge in [0.2, 0.25) is 0 Å². The predicted octanol–water partition coefficient (Wildman–Crippen LogP) is 1.82. The van der Waals surface area contributed by atoms with Gasteiger partial charge < -0.3 is 9.30 Å². The molecule has 2 fully saturated rings. The molecule has 0 unspecified atom stereocenters. The van der Waals surface area contributed by atoms with E-state index in [1.165, 1.54) is 12.8 Å². The predicted molar refractivity (Wildman–Crippen MR) is 90.2 cm³/mol. The van der Waals surface area contributed by atoms with Gasteiger partial charge in [0.25, 0.3) is 0 Å². The van der Waals surface area contributed by atoms with Gasteiger partial charge in [-0.05, 0) is 37.8 Å². The van der Waals surface area contributed by atoms with Gasteiger partial charge in [0, 0.05) is 44.5 Å². The highest BCUT2D eigenvalue weighted by Gasteiger charge is 2.42. The Morgan fingerprint density at radius 2 is 2.08 bits per heavy atom. The molecule has 0 N–H and O–H groups in total. The molecule has 24 heavy (non-hydrogen) atoms. The van der Waals surface area contributed by atoms with Crippen LogP contribution in [0.25, 0.3) is 0 Å². The van der Waals surface area contributed by atoms with Gasteiger partial charge in [-0.1, -0.05) is 0 Å². The summed E-state index contributed by atoms with van der Waals surface area (Å²) < 4.78 is 8.22. The van der Waals surface area contributed by atoms with Gasteiger partial charge in [0.15, 0.2) is 0 Å². The minimum atomic E-state index is 0.294. The average Bonchev–Trinajstić information content (AvgIpc) is 3.18. The lowest BCUT2D eigenvalue weighted by Crippen LogP contribution is -2.40. The SMILES string of the molecule is Cn1ccnc1CN1CCC2(CC1)CO[C@H](Cc1cnccn1)C2. The number of hydrogen-bond donors (Lipinski definition) is 0. The van der Waals surface area contributed by atoms with E-state index < -0.39 is 0 Å². The Morgan fingerprint density at radius 1 is 1.21 bits per heavy atom. The van der Waals surface area contributed by atoms with E-state index >= 15 is 0 Å². The molecule has 6 nitrogen and oxygen atoms in total. The Bertz CT molecular complexity index is 663. The Morgan fingerprint density at radius 3 is 2.79 bits per heavy atom. The smallest absolute Gasteiger partial charge is 0.122 e. The number of aromatic nitrogens is 4. The van der Waals surface area contributed by atoms with Crippen LogP contribution in [-0.2, 0) is 24.8 Å². The molecule has 0 radical (unpaired) electrons. The van der Waals surface area contributed by atoms with E-state index in [1.807, 2.05) is 18.6 Å². The lowest BCUT2D eigenvalue weighted by Gasteiger charge is -2.38. The summed E-state index contributed by atoms with van der Waals surface area (Å²) in [6.45, 7) is 4.11. The van der Waals surface area contributed by atoms with Crippen molar-refractivity contribution in [2.45, 2.75) is 38.3 Å². The fraction of sp³-hybridized carbons (Fsp3) is 0.611. The average molecular weight is 327 g/mol. The first kappa shape index (κ1) is 15.7. The van der Waals surface area contributed by atoms with E-state index in [0.717, 1.165) is 50.6 Å². The van der Waals surface area contributed by atoms with Gasteiger partial charge in [-0.2, -0.15) is 0 Å². The number of piperidine rings is 1. The minimum absolute atomic E-state index is 0.294. The van der Waals surface area contributed by atoms with Crippen molar-refractivity contribution in [2.24, 2.45) is 12.5 Å². The number of likely N-dealkylation sites (tertiary alicyclic amines) is 1. The molecule has 128 valence electrons. The highest BCUT2D eigenvalue weighted by Crippen LogP contribution is 2.42. The van der Waals surface area contributed by atoms with Gasteiger partial charge in [0.1, 0.15) is 5.82 Å². The highest BCUT2D eigenvalue weighted by molar-refractivity contribution is 5.01. The second kappa shape index (κ2) is 6.61. The van der Waals surface area contributed by atoms with Gasteiger partial charge in [-0.25, -0.2) is 4.98 Å². The van der Waals surface area contributed by atoms with Gasteiger partial charge in [0.05, 0.1) is 24.9 Å². The Hall–Kier alpha value is -1.79. The summed E-state index contributed by atoms with van der Waals surface area (Å²) in [5.74, 6) is 1.15. The molecule has 2 aromatic rings. The molecule has 0 saturated carbocycles. The Kier molecular flexibility index (Phi) is 4.33. The Balaban J connectivity index is 1.30. The molecular formula is C18H25N5O. The number of aryl methyl sites for hydroxylation is 1. The minimum Gasteiger partial charge on any atom is -0.377 e. The van der Waals surface area contributed by atoms with Crippen molar-refractivity contribution >= 4 is 0 Å². The van der Waals surface area contributed by atoms with Crippen molar-refractivity contribution in [3.8, 4) is 0 Å². The van der Waals surface area contributed by atoms with Crippen molar-refractivity contribution in [3.05, 3.63) is 42.5 Å². The van der Waals surface area contributed by atoms with Crippen LogP contribution in [0.15, 0.2) is 31.0 Å². The molecule has 4 rings (SSSR count). The zero-order valence-corrected chi connectivity index (χ0v) is 14.3. The summed E-state index contributed by atoms with van der Waals surface area (Å²) >= 11 is 0. The molecule has 0 aromatic carbocycles. The molecule has 1 spiro atoms. The first-order valence-corrected chi connectivity index (χ1v) is 8.78. The van der Waals surface area contributed by atoms with Crippen molar-refractivity contribution in [2.75, 3.05) is 19.7 Å². The van der Waals surface area contributed by atoms with E-state index in [1.54, 1.807) is 12.4 Å². The van der Waals surface area contributed by atoms with E-state index in [9.17, 15) is 0 Å². The van der Waals surface area contributed by atoms with Crippen LogP contribution in [0.5, 0.6) is 0 Å². The summed E-state index contributed by atoms with van der Waals surface area (Å²) in [7, 11) is 2.07. The third-order valence-electron chi connectivity index (χ3n) is 5.54. The van der Waals surface area contributed by atoms with Crippen LogP contribution in [0.4, 0.5) is 0 Å². The topological polar surface area (TPSA) is 56.1 Å². The summed E-state index contributed by atoms with van der Waals surface area (Å²) in [5, 5.41) is 0. The molecule has 1 atom stereocenters. The molecule has 4 heterocycles. The second-order valence-corrected chi connectivity index (χ2v) is 7.27. The van der Waals surface area contributed by atoms with Crippen LogP contribution in [-0.4, -0.2) is 50.2 Å². The number of ether oxygens (including phenoxy) is 1. The number of imidazole rings is 1. The fourth-order valence-corrected chi connectivity index (χ4v) is 3.98.